The molecule has 1 aromatic rings. The van der Waals surface area contributed by atoms with Crippen molar-refractivity contribution in [1.29, 1.82) is 0 Å². The summed E-state index contributed by atoms with van der Waals surface area (Å²) in [6.07, 6.45) is 4.85. The molecule has 1 aromatic heterocycles. The monoisotopic (exact) mass is 293 g/mol. The highest BCUT2D eigenvalue weighted by Crippen LogP contribution is 2.36. The molecule has 0 bridgehead atoms. The first-order valence-corrected chi connectivity index (χ1v) is 8.04. The summed E-state index contributed by atoms with van der Waals surface area (Å²) in [5.41, 5.74) is 0. The molecule has 3 atom stereocenters. The first-order chi connectivity index (χ1) is 10.3. The van der Waals surface area contributed by atoms with Crippen LogP contribution in [0.3, 0.4) is 0 Å². The van der Waals surface area contributed by atoms with E-state index in [1.165, 1.54) is 19.4 Å². The molecule has 4 rings (SSSR count). The average Bonchev–Trinajstić information content (AvgIpc) is 3.15. The molecular formula is C15H23N3O3. The fourth-order valence-electron chi connectivity index (χ4n) is 3.99. The average molecular weight is 293 g/mol. The Kier molecular flexibility index (Phi) is 3.69. The van der Waals surface area contributed by atoms with Crippen molar-refractivity contribution in [2.45, 2.75) is 50.9 Å². The largest absolute Gasteiger partial charge is 0.381 e. The molecule has 6 nitrogen and oxygen atoms in total. The van der Waals surface area contributed by atoms with Gasteiger partial charge in [0.25, 0.3) is 0 Å². The van der Waals surface area contributed by atoms with E-state index in [1.54, 1.807) is 0 Å². The Labute approximate surface area is 124 Å². The molecule has 3 aliphatic heterocycles. The van der Waals surface area contributed by atoms with E-state index in [-0.39, 0.29) is 6.10 Å². The zero-order valence-electron chi connectivity index (χ0n) is 12.5. The van der Waals surface area contributed by atoms with Gasteiger partial charge in [0, 0.05) is 38.3 Å². The molecule has 0 N–H and O–H groups in total. The van der Waals surface area contributed by atoms with Crippen LogP contribution in [-0.2, 0) is 15.9 Å². The highest BCUT2D eigenvalue weighted by Gasteiger charge is 2.44. The van der Waals surface area contributed by atoms with Gasteiger partial charge in [0.2, 0.25) is 5.89 Å². The molecule has 3 aliphatic rings. The van der Waals surface area contributed by atoms with Crippen LogP contribution in [0, 0.1) is 12.8 Å². The van der Waals surface area contributed by atoms with Crippen molar-refractivity contribution in [3.63, 3.8) is 0 Å². The molecule has 0 aromatic carbocycles. The molecule has 6 heteroatoms. The lowest BCUT2D eigenvalue weighted by Crippen LogP contribution is -2.39. The van der Waals surface area contributed by atoms with E-state index in [2.05, 4.69) is 15.0 Å². The Balaban J connectivity index is 1.31. The lowest BCUT2D eigenvalue weighted by molar-refractivity contribution is 0.0112. The van der Waals surface area contributed by atoms with Crippen LogP contribution in [0.4, 0.5) is 0 Å². The van der Waals surface area contributed by atoms with E-state index in [4.69, 9.17) is 14.0 Å². The highest BCUT2D eigenvalue weighted by atomic mass is 16.5. The van der Waals surface area contributed by atoms with Crippen LogP contribution in [0.1, 0.15) is 31.0 Å². The van der Waals surface area contributed by atoms with Gasteiger partial charge in [0.05, 0.1) is 18.6 Å². The summed E-state index contributed by atoms with van der Waals surface area (Å²) in [7, 11) is 0. The second kappa shape index (κ2) is 5.66. The van der Waals surface area contributed by atoms with Crippen molar-refractivity contribution in [1.82, 2.24) is 15.0 Å². The van der Waals surface area contributed by atoms with E-state index in [0.717, 1.165) is 32.6 Å². The maximum Gasteiger partial charge on any atom is 0.229 e. The van der Waals surface area contributed by atoms with Crippen LogP contribution < -0.4 is 0 Å². The lowest BCUT2D eigenvalue weighted by Gasteiger charge is -2.31. The Hall–Kier alpha value is -0.980. The van der Waals surface area contributed by atoms with Crippen molar-refractivity contribution in [2.75, 3.05) is 26.3 Å². The molecular weight excluding hydrogens is 270 g/mol. The van der Waals surface area contributed by atoms with Crippen LogP contribution in [0.25, 0.3) is 0 Å². The number of likely N-dealkylation sites (tertiary alicyclic amines) is 1. The summed E-state index contributed by atoms with van der Waals surface area (Å²) in [6.45, 7) is 5.93. The van der Waals surface area contributed by atoms with Gasteiger partial charge in [-0.25, -0.2) is 0 Å². The molecule has 0 radical (unpaired) electrons. The second-order valence-corrected chi connectivity index (χ2v) is 6.53. The first kappa shape index (κ1) is 13.7. The minimum absolute atomic E-state index is 0.247. The van der Waals surface area contributed by atoms with Crippen molar-refractivity contribution in [2.24, 2.45) is 5.92 Å². The van der Waals surface area contributed by atoms with E-state index in [9.17, 15) is 0 Å². The molecule has 116 valence electrons. The molecule has 21 heavy (non-hydrogen) atoms. The third-order valence-corrected chi connectivity index (χ3v) is 5.02. The highest BCUT2D eigenvalue weighted by molar-refractivity contribution is 4.97. The quantitative estimate of drug-likeness (QED) is 0.834. The van der Waals surface area contributed by atoms with Gasteiger partial charge in [-0.15, -0.1) is 0 Å². The zero-order valence-corrected chi connectivity index (χ0v) is 12.5. The summed E-state index contributed by atoms with van der Waals surface area (Å²) in [4.78, 5) is 6.89. The van der Waals surface area contributed by atoms with Crippen molar-refractivity contribution >= 4 is 0 Å². The predicted molar refractivity (Wildman–Crippen MR) is 74.9 cm³/mol. The van der Waals surface area contributed by atoms with Gasteiger partial charge in [-0.05, 0) is 26.2 Å². The summed E-state index contributed by atoms with van der Waals surface area (Å²) in [5, 5.41) is 3.84. The second-order valence-electron chi connectivity index (χ2n) is 6.53. The number of rotatable bonds is 3. The Morgan fingerprint density at radius 2 is 2.10 bits per heavy atom. The number of ether oxygens (including phenoxy) is 2. The number of nitrogens with zero attached hydrogens (tertiary/aromatic N) is 3. The fraction of sp³-hybridized carbons (Fsp3) is 0.867. The van der Waals surface area contributed by atoms with E-state index < -0.39 is 0 Å². The molecule has 0 aliphatic carbocycles. The van der Waals surface area contributed by atoms with E-state index in [0.29, 0.717) is 29.8 Å². The summed E-state index contributed by atoms with van der Waals surface area (Å²) < 4.78 is 16.9. The van der Waals surface area contributed by atoms with Gasteiger partial charge in [-0.1, -0.05) is 5.16 Å². The maximum atomic E-state index is 6.22. The zero-order chi connectivity index (χ0) is 14.2. The molecule has 3 fully saturated rings. The standard InChI is InChI=1S/C15H23N3O3/c1-10-16-15(21-17-10)7-13-6-11-8-18(9-14(11)20-13)12-2-4-19-5-3-12/h11-14H,2-9H2,1H3/t11-,13+,14+/m0/s1. The smallest absolute Gasteiger partial charge is 0.229 e. The maximum absolute atomic E-state index is 6.22. The van der Waals surface area contributed by atoms with Crippen LogP contribution in [0.5, 0.6) is 0 Å². The van der Waals surface area contributed by atoms with Crippen LogP contribution in [0.15, 0.2) is 4.52 Å². The molecule has 0 saturated carbocycles. The minimum atomic E-state index is 0.247. The van der Waals surface area contributed by atoms with Crippen molar-refractivity contribution in [3.05, 3.63) is 11.7 Å². The SMILES string of the molecule is Cc1noc(C[C@H]2C[C@H]3CN(C4CCOCC4)C[C@H]3O2)n1. The lowest BCUT2D eigenvalue weighted by atomic mass is 10.0. The first-order valence-electron chi connectivity index (χ1n) is 8.04. The van der Waals surface area contributed by atoms with Gasteiger partial charge in [0.15, 0.2) is 5.82 Å². The van der Waals surface area contributed by atoms with Gasteiger partial charge in [0.1, 0.15) is 0 Å². The molecule has 3 saturated heterocycles. The molecule has 0 unspecified atom stereocenters. The van der Waals surface area contributed by atoms with Crippen LogP contribution in [-0.4, -0.2) is 59.6 Å². The Morgan fingerprint density at radius 3 is 2.81 bits per heavy atom. The third kappa shape index (κ3) is 2.84. The number of fused-ring (bicyclic) bond motifs is 1. The normalized spacial score (nSPS) is 34.4. The summed E-state index contributed by atoms with van der Waals surface area (Å²) in [6, 6.07) is 0.699. The number of aromatic nitrogens is 2. The van der Waals surface area contributed by atoms with E-state index >= 15 is 0 Å². The summed E-state index contributed by atoms with van der Waals surface area (Å²) in [5.74, 6) is 2.08. The predicted octanol–water partition coefficient (Wildman–Crippen LogP) is 1.19. The third-order valence-electron chi connectivity index (χ3n) is 5.02. The minimum Gasteiger partial charge on any atom is -0.381 e. The van der Waals surface area contributed by atoms with Crippen molar-refractivity contribution in [3.8, 4) is 0 Å². The van der Waals surface area contributed by atoms with Gasteiger partial charge >= 0.3 is 0 Å². The fourth-order valence-corrected chi connectivity index (χ4v) is 3.99. The summed E-state index contributed by atoms with van der Waals surface area (Å²) >= 11 is 0. The van der Waals surface area contributed by atoms with Gasteiger partial charge < -0.3 is 14.0 Å². The number of aryl methyl sites for hydroxylation is 1. The topological polar surface area (TPSA) is 60.6 Å². The van der Waals surface area contributed by atoms with Crippen LogP contribution in [0.2, 0.25) is 0 Å². The Morgan fingerprint density at radius 1 is 1.24 bits per heavy atom. The number of hydrogen-bond acceptors (Lipinski definition) is 6. The molecule has 0 spiro atoms. The van der Waals surface area contributed by atoms with Gasteiger partial charge in [-0.3, -0.25) is 4.90 Å². The van der Waals surface area contributed by atoms with E-state index in [1.807, 2.05) is 6.92 Å². The Bertz CT molecular complexity index is 472. The van der Waals surface area contributed by atoms with Crippen molar-refractivity contribution < 1.29 is 14.0 Å². The number of hydrogen-bond donors (Lipinski definition) is 0. The molecule has 0 amide bonds. The molecule has 4 heterocycles. The van der Waals surface area contributed by atoms with Crippen LogP contribution >= 0.6 is 0 Å². The van der Waals surface area contributed by atoms with Gasteiger partial charge in [-0.2, -0.15) is 4.98 Å².